The Morgan fingerprint density at radius 1 is 1.05 bits per heavy atom. The number of benzene rings is 2. The zero-order chi connectivity index (χ0) is 15.7. The van der Waals surface area contributed by atoms with E-state index in [0.29, 0.717) is 11.3 Å². The molecule has 1 aromatic heterocycles. The first-order chi connectivity index (χ1) is 10.6. The van der Waals surface area contributed by atoms with Gasteiger partial charge in [-0.15, -0.1) is 0 Å². The quantitative estimate of drug-likeness (QED) is 0.745. The Morgan fingerprint density at radius 2 is 1.73 bits per heavy atom. The molecule has 0 radical (unpaired) electrons. The van der Waals surface area contributed by atoms with Crippen molar-refractivity contribution in [2.45, 2.75) is 13.5 Å². The van der Waals surface area contributed by atoms with Gasteiger partial charge < -0.3 is 0 Å². The summed E-state index contributed by atoms with van der Waals surface area (Å²) in [5.74, 6) is -0.348. The van der Waals surface area contributed by atoms with E-state index in [1.807, 2.05) is 25.1 Å². The molecular formula is C16H13FN2O2S. The van der Waals surface area contributed by atoms with Crippen molar-refractivity contribution in [3.63, 3.8) is 0 Å². The van der Waals surface area contributed by atoms with E-state index in [9.17, 15) is 14.0 Å². The van der Waals surface area contributed by atoms with Gasteiger partial charge in [-0.05, 0) is 36.2 Å². The van der Waals surface area contributed by atoms with E-state index in [1.165, 1.54) is 16.1 Å². The van der Waals surface area contributed by atoms with Crippen molar-refractivity contribution in [2.75, 3.05) is 0 Å². The van der Waals surface area contributed by atoms with Gasteiger partial charge >= 0.3 is 10.6 Å². The number of hydrogen-bond acceptors (Lipinski definition) is 3. The van der Waals surface area contributed by atoms with Crippen molar-refractivity contribution >= 4 is 11.5 Å². The van der Waals surface area contributed by atoms with E-state index in [4.69, 9.17) is 0 Å². The predicted octanol–water partition coefficient (Wildman–Crippen LogP) is 2.56. The zero-order valence-electron chi connectivity index (χ0n) is 11.8. The van der Waals surface area contributed by atoms with Crippen molar-refractivity contribution in [3.05, 3.63) is 85.6 Å². The molecule has 3 rings (SSSR count). The Labute approximate surface area is 129 Å². The third-order valence-electron chi connectivity index (χ3n) is 3.38. The number of para-hydroxylation sites is 1. The van der Waals surface area contributed by atoms with Crippen molar-refractivity contribution in [3.8, 4) is 5.69 Å². The van der Waals surface area contributed by atoms with Crippen LogP contribution >= 0.6 is 11.5 Å². The first-order valence-corrected chi connectivity index (χ1v) is 7.47. The molecule has 0 N–H and O–H groups in total. The van der Waals surface area contributed by atoms with E-state index in [0.717, 1.165) is 21.7 Å². The van der Waals surface area contributed by atoms with Crippen LogP contribution in [0.15, 0.2) is 58.1 Å². The predicted molar refractivity (Wildman–Crippen MR) is 84.4 cm³/mol. The Morgan fingerprint density at radius 3 is 2.41 bits per heavy atom. The van der Waals surface area contributed by atoms with E-state index in [1.54, 1.807) is 18.2 Å². The molecule has 0 aliphatic rings. The SMILES string of the molecule is Cc1ccccc1-n1sc(=O)n(Cc2ccc(F)cc2)c1=O. The molecule has 0 aliphatic heterocycles. The fourth-order valence-corrected chi connectivity index (χ4v) is 3.08. The standard InChI is InChI=1S/C16H13FN2O2S/c1-11-4-2-3-5-14(11)19-15(20)18(16(21)22-19)10-12-6-8-13(17)9-7-12/h2-9H,10H2,1H3. The number of aromatic nitrogens is 2. The van der Waals surface area contributed by atoms with Crippen molar-refractivity contribution in [1.29, 1.82) is 0 Å². The second kappa shape index (κ2) is 5.73. The van der Waals surface area contributed by atoms with Gasteiger partial charge in [-0.3, -0.25) is 4.79 Å². The van der Waals surface area contributed by atoms with Gasteiger partial charge in [-0.1, -0.05) is 30.3 Å². The monoisotopic (exact) mass is 316 g/mol. The lowest BCUT2D eigenvalue weighted by molar-refractivity contribution is 0.625. The summed E-state index contributed by atoms with van der Waals surface area (Å²) in [5.41, 5.74) is 1.94. The summed E-state index contributed by atoms with van der Waals surface area (Å²) in [7, 11) is 0. The molecule has 0 unspecified atom stereocenters. The van der Waals surface area contributed by atoms with Crippen LogP contribution in [0.2, 0.25) is 0 Å². The lowest BCUT2D eigenvalue weighted by atomic mass is 10.2. The molecule has 0 atom stereocenters. The van der Waals surface area contributed by atoms with E-state index in [-0.39, 0.29) is 22.9 Å². The normalized spacial score (nSPS) is 10.8. The maximum Gasteiger partial charge on any atom is 0.346 e. The Hall–Kier alpha value is -2.47. The topological polar surface area (TPSA) is 44.0 Å². The summed E-state index contributed by atoms with van der Waals surface area (Å²) in [4.78, 5) is 24.2. The molecule has 1 heterocycles. The molecule has 0 amide bonds. The summed E-state index contributed by atoms with van der Waals surface area (Å²) >= 11 is 0.868. The minimum atomic E-state index is -0.381. The van der Waals surface area contributed by atoms with E-state index < -0.39 is 0 Å². The first kappa shape index (κ1) is 14.5. The van der Waals surface area contributed by atoms with Crippen LogP contribution in [0.3, 0.4) is 0 Å². The molecule has 0 saturated carbocycles. The van der Waals surface area contributed by atoms with Crippen LogP contribution in [0.4, 0.5) is 4.39 Å². The molecule has 0 saturated heterocycles. The number of hydrogen-bond donors (Lipinski definition) is 0. The first-order valence-electron chi connectivity index (χ1n) is 6.70. The average molecular weight is 316 g/mol. The fraction of sp³-hybridized carbons (Fsp3) is 0.125. The summed E-state index contributed by atoms with van der Waals surface area (Å²) in [6.45, 7) is 2.02. The van der Waals surface area contributed by atoms with Crippen molar-refractivity contribution in [2.24, 2.45) is 0 Å². The highest BCUT2D eigenvalue weighted by Gasteiger charge is 2.13. The third-order valence-corrected chi connectivity index (χ3v) is 4.29. The lowest BCUT2D eigenvalue weighted by Crippen LogP contribution is -2.29. The van der Waals surface area contributed by atoms with Crippen LogP contribution in [0, 0.1) is 12.7 Å². The maximum atomic E-state index is 12.9. The number of rotatable bonds is 3. The van der Waals surface area contributed by atoms with Crippen LogP contribution in [0.1, 0.15) is 11.1 Å². The third kappa shape index (κ3) is 2.65. The molecule has 6 heteroatoms. The fourth-order valence-electron chi connectivity index (χ4n) is 2.20. The van der Waals surface area contributed by atoms with E-state index >= 15 is 0 Å². The van der Waals surface area contributed by atoms with Gasteiger partial charge in [0.25, 0.3) is 0 Å². The molecular weight excluding hydrogens is 303 g/mol. The molecule has 2 aromatic carbocycles. The smallest absolute Gasteiger partial charge is 0.255 e. The average Bonchev–Trinajstić information content (AvgIpc) is 2.78. The van der Waals surface area contributed by atoms with Gasteiger partial charge in [-0.2, -0.15) is 0 Å². The molecule has 0 spiro atoms. The number of aryl methyl sites for hydroxylation is 1. The van der Waals surface area contributed by atoms with Crippen LogP contribution in [0.25, 0.3) is 5.69 Å². The van der Waals surface area contributed by atoms with Gasteiger partial charge in [0.1, 0.15) is 5.82 Å². The minimum absolute atomic E-state index is 0.132. The molecule has 112 valence electrons. The van der Waals surface area contributed by atoms with Crippen LogP contribution in [0.5, 0.6) is 0 Å². The van der Waals surface area contributed by atoms with Gasteiger partial charge in [0.15, 0.2) is 0 Å². The molecule has 0 bridgehead atoms. The van der Waals surface area contributed by atoms with E-state index in [2.05, 4.69) is 0 Å². The van der Waals surface area contributed by atoms with Crippen LogP contribution < -0.4 is 10.6 Å². The highest BCUT2D eigenvalue weighted by atomic mass is 32.1. The van der Waals surface area contributed by atoms with Gasteiger partial charge in [-0.25, -0.2) is 17.7 Å². The van der Waals surface area contributed by atoms with Gasteiger partial charge in [0.2, 0.25) is 0 Å². The number of nitrogens with zero attached hydrogens (tertiary/aromatic N) is 2. The summed E-state index contributed by atoms with van der Waals surface area (Å²) in [5, 5.41) is 0. The summed E-state index contributed by atoms with van der Waals surface area (Å²) < 4.78 is 15.5. The Kier molecular flexibility index (Phi) is 3.77. The lowest BCUT2D eigenvalue weighted by Gasteiger charge is -2.04. The second-order valence-electron chi connectivity index (χ2n) is 4.93. The van der Waals surface area contributed by atoms with Gasteiger partial charge in [0.05, 0.1) is 12.2 Å². The number of halogens is 1. The largest absolute Gasteiger partial charge is 0.346 e. The molecule has 3 aromatic rings. The summed E-state index contributed by atoms with van der Waals surface area (Å²) in [6.07, 6.45) is 0. The molecule has 0 aliphatic carbocycles. The van der Waals surface area contributed by atoms with Crippen molar-refractivity contribution in [1.82, 2.24) is 8.52 Å². The van der Waals surface area contributed by atoms with Crippen LogP contribution in [-0.2, 0) is 6.54 Å². The van der Waals surface area contributed by atoms with Crippen molar-refractivity contribution < 1.29 is 4.39 Å². The molecule has 22 heavy (non-hydrogen) atoms. The highest BCUT2D eigenvalue weighted by molar-refractivity contribution is 7.03. The summed E-state index contributed by atoms with van der Waals surface area (Å²) in [6, 6.07) is 13.1. The highest BCUT2D eigenvalue weighted by Crippen LogP contribution is 2.12. The Bertz CT molecular complexity index is 922. The second-order valence-corrected chi connectivity index (χ2v) is 5.83. The van der Waals surface area contributed by atoms with Gasteiger partial charge in [0, 0.05) is 11.5 Å². The molecule has 4 nitrogen and oxygen atoms in total. The minimum Gasteiger partial charge on any atom is -0.255 e. The Balaban J connectivity index is 2.04. The zero-order valence-corrected chi connectivity index (χ0v) is 12.6. The van der Waals surface area contributed by atoms with Crippen LogP contribution in [-0.4, -0.2) is 8.52 Å². The molecule has 0 fully saturated rings. The maximum absolute atomic E-state index is 12.9.